The third-order valence-electron chi connectivity index (χ3n) is 4.84. The second-order valence-electron chi connectivity index (χ2n) is 7.29. The van der Waals surface area contributed by atoms with Crippen LogP contribution in [0.2, 0.25) is 0 Å². The number of amides is 1. The number of esters is 2. The maximum atomic E-state index is 12.7. The van der Waals surface area contributed by atoms with Crippen LogP contribution in [0.25, 0.3) is 0 Å². The minimum Gasteiger partial charge on any atom is -0.481 e. The van der Waals surface area contributed by atoms with Crippen LogP contribution in [-0.4, -0.2) is 36.0 Å². The molecule has 2 aromatic rings. The number of para-hydroxylation sites is 1. The number of benzene rings is 2. The van der Waals surface area contributed by atoms with Crippen molar-refractivity contribution in [3.63, 3.8) is 0 Å². The number of aliphatic carboxylic acids is 1. The molecule has 1 fully saturated rings. The number of rotatable bonds is 5. The van der Waals surface area contributed by atoms with Gasteiger partial charge in [0.05, 0.1) is 24.2 Å². The third-order valence-corrected chi connectivity index (χ3v) is 4.84. The Morgan fingerprint density at radius 2 is 1.53 bits per heavy atom. The van der Waals surface area contributed by atoms with Crippen molar-refractivity contribution in [2.24, 2.45) is 5.92 Å². The molecule has 0 radical (unpaired) electrons. The predicted octanol–water partition coefficient (Wildman–Crippen LogP) is 4.30. The summed E-state index contributed by atoms with van der Waals surface area (Å²) >= 11 is 0. The van der Waals surface area contributed by atoms with Gasteiger partial charge in [-0.05, 0) is 49.2 Å². The molecule has 1 aliphatic rings. The first-order valence-corrected chi connectivity index (χ1v) is 10.3. The van der Waals surface area contributed by atoms with Crippen molar-refractivity contribution in [1.29, 1.82) is 0 Å². The molecule has 170 valence electrons. The summed E-state index contributed by atoms with van der Waals surface area (Å²) in [4.78, 5) is 45.6. The van der Waals surface area contributed by atoms with Crippen LogP contribution in [0.4, 0.5) is 5.69 Å². The number of nitrogens with one attached hydrogen (secondary N) is 1. The van der Waals surface area contributed by atoms with Crippen molar-refractivity contribution in [3.8, 4) is 5.75 Å². The van der Waals surface area contributed by atoms with E-state index in [0.717, 1.165) is 39.0 Å². The average Bonchev–Trinajstić information content (AvgIpc) is 2.79. The minimum absolute atomic E-state index is 0.101. The SMILES string of the molecule is CC(=O)O.COC(=O)c1ccc(NC(=O)c2ccccc2OC(=O)C2CCCCC2)cc1. The second-order valence-corrected chi connectivity index (χ2v) is 7.29. The third kappa shape index (κ3) is 7.54. The van der Waals surface area contributed by atoms with Crippen LogP contribution in [-0.2, 0) is 14.3 Å². The van der Waals surface area contributed by atoms with Gasteiger partial charge in [0, 0.05) is 12.6 Å². The monoisotopic (exact) mass is 441 g/mol. The summed E-state index contributed by atoms with van der Waals surface area (Å²) in [5.41, 5.74) is 1.19. The highest BCUT2D eigenvalue weighted by atomic mass is 16.5. The summed E-state index contributed by atoms with van der Waals surface area (Å²) in [6, 6.07) is 13.0. The lowest BCUT2D eigenvalue weighted by atomic mass is 9.89. The molecule has 1 saturated carbocycles. The van der Waals surface area contributed by atoms with Gasteiger partial charge >= 0.3 is 11.9 Å². The van der Waals surface area contributed by atoms with Crippen LogP contribution < -0.4 is 10.1 Å². The summed E-state index contributed by atoms with van der Waals surface area (Å²) in [7, 11) is 1.31. The van der Waals surface area contributed by atoms with Crippen molar-refractivity contribution >= 4 is 29.5 Å². The molecule has 0 unspecified atom stereocenters. The van der Waals surface area contributed by atoms with Gasteiger partial charge in [0.15, 0.2) is 0 Å². The van der Waals surface area contributed by atoms with E-state index in [1.807, 2.05) is 0 Å². The highest BCUT2D eigenvalue weighted by molar-refractivity contribution is 6.06. The molecule has 1 aliphatic carbocycles. The summed E-state index contributed by atoms with van der Waals surface area (Å²) in [5.74, 6) is -1.80. The fraction of sp³-hybridized carbons (Fsp3) is 0.333. The highest BCUT2D eigenvalue weighted by Crippen LogP contribution is 2.27. The lowest BCUT2D eigenvalue weighted by Crippen LogP contribution is -2.24. The molecule has 0 heterocycles. The first-order chi connectivity index (χ1) is 15.3. The zero-order valence-corrected chi connectivity index (χ0v) is 18.1. The van der Waals surface area contributed by atoms with E-state index in [9.17, 15) is 14.4 Å². The molecule has 0 saturated heterocycles. The van der Waals surface area contributed by atoms with Gasteiger partial charge in [-0.3, -0.25) is 14.4 Å². The molecular weight excluding hydrogens is 414 g/mol. The van der Waals surface area contributed by atoms with Gasteiger partial charge in [-0.25, -0.2) is 4.79 Å². The van der Waals surface area contributed by atoms with Crippen LogP contribution in [0.15, 0.2) is 48.5 Å². The van der Waals surface area contributed by atoms with Crippen molar-refractivity contribution in [1.82, 2.24) is 0 Å². The van der Waals surface area contributed by atoms with Gasteiger partial charge in [0.25, 0.3) is 11.9 Å². The van der Waals surface area contributed by atoms with E-state index in [0.29, 0.717) is 11.3 Å². The number of carbonyl (C=O) groups excluding carboxylic acids is 3. The number of carboxylic acid groups (broad SMARTS) is 1. The molecule has 2 aromatic carbocycles. The molecule has 3 rings (SSSR count). The Bertz CT molecular complexity index is 943. The Morgan fingerprint density at radius 3 is 2.12 bits per heavy atom. The maximum absolute atomic E-state index is 12.7. The summed E-state index contributed by atoms with van der Waals surface area (Å²) in [6.45, 7) is 1.08. The summed E-state index contributed by atoms with van der Waals surface area (Å²) < 4.78 is 10.2. The molecule has 1 amide bonds. The average molecular weight is 441 g/mol. The van der Waals surface area contributed by atoms with Crippen molar-refractivity contribution in [2.45, 2.75) is 39.0 Å². The van der Waals surface area contributed by atoms with Crippen molar-refractivity contribution < 1.29 is 33.8 Å². The Balaban J connectivity index is 0.000000837. The minimum atomic E-state index is -0.833. The highest BCUT2D eigenvalue weighted by Gasteiger charge is 2.24. The van der Waals surface area contributed by atoms with E-state index in [2.05, 4.69) is 10.1 Å². The summed E-state index contributed by atoms with van der Waals surface area (Å²) in [6.07, 6.45) is 4.88. The molecule has 0 aliphatic heterocycles. The molecule has 0 aromatic heterocycles. The first-order valence-electron chi connectivity index (χ1n) is 10.3. The van der Waals surface area contributed by atoms with Crippen molar-refractivity contribution in [3.05, 3.63) is 59.7 Å². The lowest BCUT2D eigenvalue weighted by molar-refractivity contribution is -0.140. The topological polar surface area (TPSA) is 119 Å². The smallest absolute Gasteiger partial charge is 0.337 e. The number of methoxy groups -OCH3 is 1. The molecule has 0 spiro atoms. The molecule has 8 nitrogen and oxygen atoms in total. The molecule has 8 heteroatoms. The van der Waals surface area contributed by atoms with E-state index in [-0.39, 0.29) is 23.2 Å². The Labute approximate surface area is 186 Å². The van der Waals surface area contributed by atoms with Gasteiger partial charge in [-0.1, -0.05) is 31.4 Å². The fourth-order valence-corrected chi connectivity index (χ4v) is 3.28. The van der Waals surface area contributed by atoms with Gasteiger partial charge < -0.3 is 19.9 Å². The number of carboxylic acids is 1. The molecule has 0 bridgehead atoms. The molecule has 2 N–H and O–H groups in total. The van der Waals surface area contributed by atoms with Crippen molar-refractivity contribution in [2.75, 3.05) is 12.4 Å². The first kappa shape index (κ1) is 24.6. The lowest BCUT2D eigenvalue weighted by Gasteiger charge is -2.20. The van der Waals surface area contributed by atoms with Crippen LogP contribution in [0.3, 0.4) is 0 Å². The number of anilines is 1. The van der Waals surface area contributed by atoms with Crippen LogP contribution in [0, 0.1) is 5.92 Å². The van der Waals surface area contributed by atoms with Crippen LogP contribution in [0.1, 0.15) is 59.7 Å². The Morgan fingerprint density at radius 1 is 0.938 bits per heavy atom. The number of hydrogen-bond acceptors (Lipinski definition) is 6. The van der Waals surface area contributed by atoms with E-state index >= 15 is 0 Å². The summed E-state index contributed by atoms with van der Waals surface area (Å²) in [5, 5.41) is 10.2. The van der Waals surface area contributed by atoms with E-state index in [1.165, 1.54) is 7.11 Å². The van der Waals surface area contributed by atoms with Gasteiger partial charge in [-0.15, -0.1) is 0 Å². The van der Waals surface area contributed by atoms with E-state index in [1.54, 1.807) is 48.5 Å². The molecule has 32 heavy (non-hydrogen) atoms. The quantitative estimate of drug-likeness (QED) is 0.524. The number of ether oxygens (including phenoxy) is 2. The molecule has 0 atom stereocenters. The maximum Gasteiger partial charge on any atom is 0.337 e. The van der Waals surface area contributed by atoms with Gasteiger partial charge in [-0.2, -0.15) is 0 Å². The predicted molar refractivity (Wildman–Crippen MR) is 118 cm³/mol. The largest absolute Gasteiger partial charge is 0.481 e. The van der Waals surface area contributed by atoms with Crippen LogP contribution in [0.5, 0.6) is 5.75 Å². The standard InChI is InChI=1S/C22H23NO5.C2H4O2/c1-27-21(25)16-11-13-17(14-12-16)23-20(24)18-9-5-6-10-19(18)28-22(26)15-7-3-2-4-8-15;1-2(3)4/h5-6,9-15H,2-4,7-8H2,1H3,(H,23,24);1H3,(H,3,4). The zero-order valence-electron chi connectivity index (χ0n) is 18.1. The Kier molecular flexibility index (Phi) is 9.41. The normalized spacial score (nSPS) is 13.2. The number of carbonyl (C=O) groups is 4. The van der Waals surface area contributed by atoms with Gasteiger partial charge in [0.2, 0.25) is 0 Å². The number of hydrogen-bond donors (Lipinski definition) is 2. The van der Waals surface area contributed by atoms with E-state index < -0.39 is 17.8 Å². The second kappa shape index (κ2) is 12.2. The fourth-order valence-electron chi connectivity index (χ4n) is 3.28. The van der Waals surface area contributed by atoms with Gasteiger partial charge in [0.1, 0.15) is 5.75 Å². The molecular formula is C24H27NO7. The zero-order chi connectivity index (χ0) is 23.5. The Hall–Kier alpha value is -3.68. The van der Waals surface area contributed by atoms with Crippen LogP contribution >= 0.6 is 0 Å². The van der Waals surface area contributed by atoms with E-state index in [4.69, 9.17) is 14.6 Å².